The first-order chi connectivity index (χ1) is 15.3. The normalized spacial score (nSPS) is 35.6. The number of carboxylic acids is 1. The number of benzene rings is 1. The van der Waals surface area contributed by atoms with Crippen molar-refractivity contribution in [3.05, 3.63) is 40.3 Å². The number of hydrogen-bond donors (Lipinski definition) is 1. The van der Waals surface area contributed by atoms with Crippen LogP contribution in [-0.4, -0.2) is 44.2 Å². The molecule has 1 N–H and O–H groups in total. The predicted octanol–water partition coefficient (Wildman–Crippen LogP) is 4.33. The lowest BCUT2D eigenvalue weighted by atomic mass is 9.45. The van der Waals surface area contributed by atoms with Gasteiger partial charge in [-0.2, -0.15) is 0 Å². The summed E-state index contributed by atoms with van der Waals surface area (Å²) in [6, 6.07) is 8.48. The van der Waals surface area contributed by atoms with Gasteiger partial charge in [0.05, 0.1) is 11.0 Å². The molecule has 3 aliphatic carbocycles. The molecule has 3 heterocycles. The van der Waals surface area contributed by atoms with Crippen LogP contribution in [0.2, 0.25) is 0 Å². The van der Waals surface area contributed by atoms with Gasteiger partial charge < -0.3 is 9.67 Å². The molecule has 6 nitrogen and oxygen atoms in total. The van der Waals surface area contributed by atoms with Crippen molar-refractivity contribution in [2.75, 3.05) is 6.54 Å². The zero-order valence-corrected chi connectivity index (χ0v) is 19.0. The van der Waals surface area contributed by atoms with E-state index in [9.17, 15) is 14.7 Å². The van der Waals surface area contributed by atoms with Crippen LogP contribution in [0.4, 0.5) is 0 Å². The molecule has 0 radical (unpaired) electrons. The summed E-state index contributed by atoms with van der Waals surface area (Å²) in [5, 5.41) is 9.58. The summed E-state index contributed by atoms with van der Waals surface area (Å²) in [4.78, 5) is 31.8. The van der Waals surface area contributed by atoms with Crippen molar-refractivity contribution in [3.63, 3.8) is 0 Å². The Kier molecular flexibility index (Phi) is 4.55. The summed E-state index contributed by atoms with van der Waals surface area (Å²) in [5.41, 5.74) is 1.04. The number of hydrogen-bond acceptors (Lipinski definition) is 4. The lowest BCUT2D eigenvalue weighted by Gasteiger charge is -2.61. The van der Waals surface area contributed by atoms with Crippen LogP contribution in [0, 0.1) is 23.2 Å². The maximum atomic E-state index is 13.2. The molecule has 1 unspecified atom stereocenters. The van der Waals surface area contributed by atoms with Crippen LogP contribution >= 0.6 is 0 Å². The fourth-order valence-corrected chi connectivity index (χ4v) is 7.86. The third-order valence-electron chi connectivity index (χ3n) is 9.67. The molecule has 2 saturated heterocycles. The summed E-state index contributed by atoms with van der Waals surface area (Å²) in [6.07, 6.45) is 8.40. The molecule has 170 valence electrons. The van der Waals surface area contributed by atoms with E-state index in [-0.39, 0.29) is 11.7 Å². The fourth-order valence-electron chi connectivity index (χ4n) is 7.86. The summed E-state index contributed by atoms with van der Waals surface area (Å²) < 4.78 is 1.76. The molecule has 0 amide bonds. The van der Waals surface area contributed by atoms with Crippen molar-refractivity contribution in [2.24, 2.45) is 23.2 Å². The summed E-state index contributed by atoms with van der Waals surface area (Å²) in [5.74, 6) is 1.36. The highest BCUT2D eigenvalue weighted by Gasteiger charge is 2.55. The maximum absolute atomic E-state index is 13.2. The second-order valence-electron chi connectivity index (χ2n) is 11.3. The molecule has 5 aliphatic rings. The Hall–Kier alpha value is -2.21. The topological polar surface area (TPSA) is 75.4 Å². The van der Waals surface area contributed by atoms with E-state index < -0.39 is 11.5 Å². The molecule has 7 rings (SSSR count). The first kappa shape index (κ1) is 20.4. The average Bonchev–Trinajstić information content (AvgIpc) is 3.00. The summed E-state index contributed by atoms with van der Waals surface area (Å²) in [6.45, 7) is 6.15. The first-order valence-electron chi connectivity index (χ1n) is 12.3. The minimum Gasteiger partial charge on any atom is -0.476 e. The second kappa shape index (κ2) is 7.14. The van der Waals surface area contributed by atoms with Crippen molar-refractivity contribution in [1.29, 1.82) is 0 Å². The van der Waals surface area contributed by atoms with Crippen LogP contribution in [0.5, 0.6) is 0 Å². The van der Waals surface area contributed by atoms with E-state index in [1.165, 1.54) is 38.6 Å². The number of aromatic nitrogens is 2. The zero-order valence-electron chi connectivity index (χ0n) is 19.0. The number of piperidine rings is 1. The summed E-state index contributed by atoms with van der Waals surface area (Å²) >= 11 is 0. The Morgan fingerprint density at radius 3 is 2.44 bits per heavy atom. The Bertz CT molecular complexity index is 1120. The lowest BCUT2D eigenvalue weighted by Crippen LogP contribution is -2.56. The number of para-hydroxylation sites is 2. The van der Waals surface area contributed by atoms with E-state index in [1.807, 2.05) is 18.2 Å². The quantitative estimate of drug-likeness (QED) is 0.773. The van der Waals surface area contributed by atoms with E-state index in [0.29, 0.717) is 23.0 Å². The number of rotatable bonds is 4. The molecular formula is C26H33N3O3. The van der Waals surface area contributed by atoms with E-state index in [4.69, 9.17) is 0 Å². The van der Waals surface area contributed by atoms with Gasteiger partial charge in [-0.1, -0.05) is 26.0 Å². The van der Waals surface area contributed by atoms with Gasteiger partial charge in [0.1, 0.15) is 0 Å². The van der Waals surface area contributed by atoms with E-state index >= 15 is 0 Å². The average molecular weight is 436 g/mol. The van der Waals surface area contributed by atoms with Gasteiger partial charge in [0.2, 0.25) is 5.69 Å². The Labute approximate surface area is 188 Å². The molecule has 1 aromatic heterocycles. The number of fused-ring (bicyclic) bond motifs is 5. The third-order valence-corrected chi connectivity index (χ3v) is 9.67. The van der Waals surface area contributed by atoms with E-state index in [0.717, 1.165) is 36.1 Å². The molecule has 0 spiro atoms. The zero-order chi connectivity index (χ0) is 22.2. The van der Waals surface area contributed by atoms with Crippen LogP contribution in [-0.2, 0) is 0 Å². The van der Waals surface area contributed by atoms with Gasteiger partial charge in [0, 0.05) is 24.7 Å². The molecule has 3 saturated carbocycles. The highest BCUT2D eigenvalue weighted by molar-refractivity contribution is 5.88. The van der Waals surface area contributed by atoms with Crippen molar-refractivity contribution in [1.82, 2.24) is 14.5 Å². The Morgan fingerprint density at radius 1 is 1.06 bits per heavy atom. The molecule has 6 atom stereocenters. The highest BCUT2D eigenvalue weighted by Crippen LogP contribution is 2.61. The van der Waals surface area contributed by atoms with Crippen molar-refractivity contribution in [3.8, 4) is 0 Å². The standard InChI is InChI=1S/C26H33N3O3/c1-26(2)16-8-7-15(20(26)11-16)14-28-17-9-10-18(28)13-19(12-17)29-22-6-4-3-5-21(22)27-23(24(29)30)25(31)32/h3-6,15-20H,7-14H2,1-2H3,(H,31,32)/t15-,16-,17-,18+,19+,20?/m0/s1. The summed E-state index contributed by atoms with van der Waals surface area (Å²) in [7, 11) is 0. The van der Waals surface area contributed by atoms with Gasteiger partial charge in [-0.05, 0) is 80.2 Å². The lowest BCUT2D eigenvalue weighted by molar-refractivity contribution is -0.116. The van der Waals surface area contributed by atoms with Gasteiger partial charge >= 0.3 is 5.97 Å². The number of nitrogens with zero attached hydrogens (tertiary/aromatic N) is 3. The molecule has 6 heteroatoms. The van der Waals surface area contributed by atoms with Crippen LogP contribution < -0.4 is 5.56 Å². The maximum Gasteiger partial charge on any atom is 0.360 e. The predicted molar refractivity (Wildman–Crippen MR) is 123 cm³/mol. The number of aromatic carboxylic acids is 1. The molecule has 2 aromatic rings. The van der Waals surface area contributed by atoms with Crippen molar-refractivity contribution in [2.45, 2.75) is 76.9 Å². The van der Waals surface area contributed by atoms with Gasteiger partial charge in [0.15, 0.2) is 0 Å². The van der Waals surface area contributed by atoms with Crippen molar-refractivity contribution < 1.29 is 9.90 Å². The minimum absolute atomic E-state index is 0.0399. The smallest absolute Gasteiger partial charge is 0.360 e. The van der Waals surface area contributed by atoms with Crippen LogP contribution in [0.25, 0.3) is 11.0 Å². The molecule has 5 fully saturated rings. The second-order valence-corrected chi connectivity index (χ2v) is 11.3. The molecular weight excluding hydrogens is 402 g/mol. The fraction of sp³-hybridized carbons (Fsp3) is 0.654. The molecule has 32 heavy (non-hydrogen) atoms. The third kappa shape index (κ3) is 2.91. The van der Waals surface area contributed by atoms with Crippen LogP contribution in [0.3, 0.4) is 0 Å². The van der Waals surface area contributed by atoms with Crippen LogP contribution in [0.15, 0.2) is 29.1 Å². The number of carbonyl (C=O) groups is 1. The molecule has 4 bridgehead atoms. The van der Waals surface area contributed by atoms with E-state index in [2.05, 4.69) is 23.7 Å². The highest BCUT2D eigenvalue weighted by atomic mass is 16.4. The van der Waals surface area contributed by atoms with Gasteiger partial charge in [0.25, 0.3) is 5.56 Å². The largest absolute Gasteiger partial charge is 0.476 e. The SMILES string of the molecule is CC1(C)C2C[C@@H]1CC[C@H]2CN1[C@@H]2CC[C@H]1C[C@@H](n1c(=O)c(C(=O)O)nc3ccccc31)C2. The van der Waals surface area contributed by atoms with Gasteiger partial charge in [-0.25, -0.2) is 9.78 Å². The van der Waals surface area contributed by atoms with Gasteiger partial charge in [-0.3, -0.25) is 9.69 Å². The first-order valence-corrected chi connectivity index (χ1v) is 12.3. The number of carboxylic acid groups (broad SMARTS) is 1. The molecule has 2 aliphatic heterocycles. The Morgan fingerprint density at radius 2 is 1.78 bits per heavy atom. The monoisotopic (exact) mass is 435 g/mol. The molecule has 1 aromatic carbocycles. The minimum atomic E-state index is -1.24. The van der Waals surface area contributed by atoms with Gasteiger partial charge in [-0.15, -0.1) is 0 Å². The Balaban J connectivity index is 1.29. The van der Waals surface area contributed by atoms with E-state index in [1.54, 1.807) is 10.6 Å². The van der Waals surface area contributed by atoms with Crippen molar-refractivity contribution >= 4 is 17.0 Å². The van der Waals surface area contributed by atoms with Crippen LogP contribution in [0.1, 0.15) is 75.3 Å².